The first-order valence-electron chi connectivity index (χ1n) is 5.12. The average Bonchev–Trinajstić information content (AvgIpc) is 2.18. The summed E-state index contributed by atoms with van der Waals surface area (Å²) in [5.41, 5.74) is 5.70. The van der Waals surface area contributed by atoms with Crippen LogP contribution in [0.25, 0.3) is 0 Å². The number of benzene rings is 1. The highest BCUT2D eigenvalue weighted by Gasteiger charge is 2.22. The second-order valence-corrected chi connectivity index (χ2v) is 5.20. The second kappa shape index (κ2) is 4.79. The van der Waals surface area contributed by atoms with Crippen LogP contribution < -0.4 is 11.1 Å². The number of nitrogens with one attached hydrogen (secondary N) is 1. The first kappa shape index (κ1) is 13.6. The Morgan fingerprint density at radius 3 is 2.47 bits per heavy atom. The van der Waals surface area contributed by atoms with Gasteiger partial charge in [0.2, 0.25) is 5.91 Å². The highest BCUT2D eigenvalue weighted by Crippen LogP contribution is 2.21. The van der Waals surface area contributed by atoms with E-state index in [1.807, 2.05) is 0 Å². The predicted molar refractivity (Wildman–Crippen MR) is 70.4 cm³/mol. The van der Waals surface area contributed by atoms with Crippen molar-refractivity contribution < 1.29 is 9.18 Å². The third-order valence-corrected chi connectivity index (χ3v) is 2.40. The number of nitrogens with two attached hydrogens (primary N) is 1. The average molecular weight is 254 g/mol. The Balaban J connectivity index is 3.07. The van der Waals surface area contributed by atoms with Crippen LogP contribution in [0.2, 0.25) is 0 Å². The number of halogens is 1. The van der Waals surface area contributed by atoms with Gasteiger partial charge in [-0.05, 0) is 18.2 Å². The Hall–Kier alpha value is -1.49. The summed E-state index contributed by atoms with van der Waals surface area (Å²) in [7, 11) is 0. The Bertz CT molecular complexity index is 466. The van der Waals surface area contributed by atoms with E-state index in [9.17, 15) is 9.18 Å². The predicted octanol–water partition coefficient (Wildman–Crippen LogP) is 2.44. The molecule has 0 fully saturated rings. The zero-order valence-corrected chi connectivity index (χ0v) is 10.8. The van der Waals surface area contributed by atoms with Crippen molar-refractivity contribution in [2.24, 2.45) is 11.1 Å². The summed E-state index contributed by atoms with van der Waals surface area (Å²) >= 11 is 4.82. The van der Waals surface area contributed by atoms with E-state index in [1.165, 1.54) is 18.2 Å². The van der Waals surface area contributed by atoms with E-state index in [0.717, 1.165) is 0 Å². The van der Waals surface area contributed by atoms with Gasteiger partial charge in [0.1, 0.15) is 10.8 Å². The molecule has 17 heavy (non-hydrogen) atoms. The van der Waals surface area contributed by atoms with E-state index in [0.29, 0.717) is 11.3 Å². The molecule has 0 aliphatic heterocycles. The van der Waals surface area contributed by atoms with Crippen LogP contribution in [0.5, 0.6) is 0 Å². The monoisotopic (exact) mass is 254 g/mol. The number of hydrogen-bond acceptors (Lipinski definition) is 2. The summed E-state index contributed by atoms with van der Waals surface area (Å²) in [6, 6.07) is 3.91. The van der Waals surface area contributed by atoms with Crippen molar-refractivity contribution in [1.29, 1.82) is 0 Å². The van der Waals surface area contributed by atoms with Crippen molar-refractivity contribution in [3.05, 3.63) is 29.6 Å². The molecule has 1 aromatic rings. The summed E-state index contributed by atoms with van der Waals surface area (Å²) in [6.45, 7) is 5.35. The summed E-state index contributed by atoms with van der Waals surface area (Å²) in [4.78, 5) is 11.9. The molecule has 0 unspecified atom stereocenters. The smallest absolute Gasteiger partial charge is 0.229 e. The molecular weight excluding hydrogens is 239 g/mol. The molecule has 0 saturated heterocycles. The van der Waals surface area contributed by atoms with Gasteiger partial charge in [-0.25, -0.2) is 4.39 Å². The minimum absolute atomic E-state index is 0.0497. The van der Waals surface area contributed by atoms with E-state index >= 15 is 0 Å². The maximum Gasteiger partial charge on any atom is 0.229 e. The van der Waals surface area contributed by atoms with E-state index in [4.69, 9.17) is 18.0 Å². The number of rotatable bonds is 2. The number of thiocarbonyl (C=S) groups is 1. The lowest BCUT2D eigenvalue weighted by atomic mass is 9.95. The van der Waals surface area contributed by atoms with Crippen molar-refractivity contribution >= 4 is 28.8 Å². The largest absolute Gasteiger partial charge is 0.389 e. The summed E-state index contributed by atoms with van der Waals surface area (Å²) in [6.07, 6.45) is 0. The SMILES string of the molecule is CC(C)(C)C(=O)Nc1ccc(F)cc1C(N)=S. The lowest BCUT2D eigenvalue weighted by molar-refractivity contribution is -0.123. The van der Waals surface area contributed by atoms with Crippen molar-refractivity contribution in [3.8, 4) is 0 Å². The normalized spacial score (nSPS) is 11.1. The minimum Gasteiger partial charge on any atom is -0.389 e. The van der Waals surface area contributed by atoms with Gasteiger partial charge >= 0.3 is 0 Å². The van der Waals surface area contributed by atoms with Crippen LogP contribution in [0, 0.1) is 11.2 Å². The molecule has 3 nitrogen and oxygen atoms in total. The van der Waals surface area contributed by atoms with Crippen molar-refractivity contribution in [2.45, 2.75) is 20.8 Å². The minimum atomic E-state index is -0.540. The van der Waals surface area contributed by atoms with E-state index in [2.05, 4.69) is 5.32 Å². The van der Waals surface area contributed by atoms with Gasteiger partial charge in [0, 0.05) is 11.0 Å². The standard InChI is InChI=1S/C12H15FN2OS/c1-12(2,3)11(16)15-9-5-4-7(13)6-8(9)10(14)17/h4-6H,1-3H3,(H2,14,17)(H,15,16). The van der Waals surface area contributed by atoms with Crippen LogP contribution in [0.1, 0.15) is 26.3 Å². The van der Waals surface area contributed by atoms with E-state index in [1.54, 1.807) is 20.8 Å². The van der Waals surface area contributed by atoms with Crippen LogP contribution in [0.4, 0.5) is 10.1 Å². The first-order chi connectivity index (χ1) is 7.71. The number of amides is 1. The van der Waals surface area contributed by atoms with Crippen molar-refractivity contribution in [2.75, 3.05) is 5.32 Å². The number of carbonyl (C=O) groups excluding carboxylic acids is 1. The summed E-state index contributed by atoms with van der Waals surface area (Å²) < 4.78 is 13.1. The van der Waals surface area contributed by atoms with Crippen LogP contribution in [-0.2, 0) is 4.79 Å². The fourth-order valence-corrected chi connectivity index (χ4v) is 1.31. The van der Waals surface area contributed by atoms with Gasteiger partial charge < -0.3 is 11.1 Å². The second-order valence-electron chi connectivity index (χ2n) is 4.76. The topological polar surface area (TPSA) is 55.1 Å². The van der Waals surface area contributed by atoms with Gasteiger partial charge in [-0.15, -0.1) is 0 Å². The first-order valence-corrected chi connectivity index (χ1v) is 5.53. The molecule has 92 valence electrons. The van der Waals surface area contributed by atoms with Crippen LogP contribution in [0.3, 0.4) is 0 Å². The van der Waals surface area contributed by atoms with Crippen LogP contribution >= 0.6 is 12.2 Å². The van der Waals surface area contributed by atoms with Crippen molar-refractivity contribution in [3.63, 3.8) is 0 Å². The summed E-state index contributed by atoms with van der Waals surface area (Å²) in [5.74, 6) is -0.622. The van der Waals surface area contributed by atoms with Gasteiger partial charge in [-0.1, -0.05) is 33.0 Å². The molecule has 0 saturated carbocycles. The maximum atomic E-state index is 13.1. The Morgan fingerprint density at radius 2 is 2.00 bits per heavy atom. The van der Waals surface area contributed by atoms with E-state index < -0.39 is 11.2 Å². The highest BCUT2D eigenvalue weighted by molar-refractivity contribution is 7.80. The third kappa shape index (κ3) is 3.49. The fourth-order valence-electron chi connectivity index (χ4n) is 1.14. The lowest BCUT2D eigenvalue weighted by Crippen LogP contribution is -2.28. The quantitative estimate of drug-likeness (QED) is 0.797. The number of hydrogen-bond donors (Lipinski definition) is 2. The van der Waals surface area contributed by atoms with Crippen LogP contribution in [-0.4, -0.2) is 10.9 Å². The molecular formula is C12H15FN2OS. The molecule has 3 N–H and O–H groups in total. The molecule has 1 aromatic carbocycles. The molecule has 0 aliphatic carbocycles. The van der Waals surface area contributed by atoms with Gasteiger partial charge in [-0.3, -0.25) is 4.79 Å². The molecule has 0 atom stereocenters. The molecule has 5 heteroatoms. The summed E-state index contributed by atoms with van der Waals surface area (Å²) in [5, 5.41) is 2.69. The van der Waals surface area contributed by atoms with Gasteiger partial charge in [0.15, 0.2) is 0 Å². The Labute approximate surface area is 105 Å². The molecule has 0 heterocycles. The van der Waals surface area contributed by atoms with E-state index in [-0.39, 0.29) is 10.9 Å². The lowest BCUT2D eigenvalue weighted by Gasteiger charge is -2.19. The van der Waals surface area contributed by atoms with Crippen molar-refractivity contribution in [1.82, 2.24) is 0 Å². The fraction of sp³-hybridized carbons (Fsp3) is 0.333. The van der Waals surface area contributed by atoms with Crippen LogP contribution in [0.15, 0.2) is 18.2 Å². The molecule has 0 spiro atoms. The molecule has 0 bridgehead atoms. The van der Waals surface area contributed by atoms with Gasteiger partial charge in [0.05, 0.1) is 5.69 Å². The number of carbonyl (C=O) groups is 1. The molecule has 1 amide bonds. The zero-order chi connectivity index (χ0) is 13.2. The molecule has 0 aromatic heterocycles. The third-order valence-electron chi connectivity index (χ3n) is 2.18. The Morgan fingerprint density at radius 1 is 1.41 bits per heavy atom. The maximum absolute atomic E-state index is 13.1. The molecule has 1 rings (SSSR count). The highest BCUT2D eigenvalue weighted by atomic mass is 32.1. The molecule has 0 aliphatic rings. The zero-order valence-electron chi connectivity index (χ0n) is 10.0. The Kier molecular flexibility index (Phi) is 3.83. The molecule has 0 radical (unpaired) electrons. The van der Waals surface area contributed by atoms with Gasteiger partial charge in [-0.2, -0.15) is 0 Å². The number of anilines is 1. The van der Waals surface area contributed by atoms with Gasteiger partial charge in [0.25, 0.3) is 0 Å².